The third kappa shape index (κ3) is 3.36. The summed E-state index contributed by atoms with van der Waals surface area (Å²) in [5, 5.41) is 7.31. The predicted octanol–water partition coefficient (Wildman–Crippen LogP) is 5.63. The molecule has 0 saturated heterocycles. The molecule has 130 valence electrons. The van der Waals surface area contributed by atoms with Crippen LogP contribution in [0.5, 0.6) is 5.75 Å². The first-order valence-electron chi connectivity index (χ1n) is 8.09. The standard InChI is InChI=1S/C20H16ClN3OS/c1-25-16-8-2-13(3-9-16)10-22-19-18-17(11-26-20(18)24-12-23-19)14-4-6-15(21)7-5-14/h2-9,11-12H,10H2,1H3,(H,22,23,24). The summed E-state index contributed by atoms with van der Waals surface area (Å²) in [4.78, 5) is 9.83. The molecule has 2 aromatic carbocycles. The molecular formula is C20H16ClN3OS. The van der Waals surface area contributed by atoms with E-state index >= 15 is 0 Å². The van der Waals surface area contributed by atoms with E-state index in [9.17, 15) is 0 Å². The maximum Gasteiger partial charge on any atom is 0.139 e. The van der Waals surface area contributed by atoms with Gasteiger partial charge >= 0.3 is 0 Å². The van der Waals surface area contributed by atoms with Crippen LogP contribution in [-0.4, -0.2) is 17.1 Å². The second-order valence-corrected chi connectivity index (χ2v) is 7.05. The molecule has 0 saturated carbocycles. The van der Waals surface area contributed by atoms with Gasteiger partial charge in [-0.05, 0) is 35.4 Å². The molecule has 0 aliphatic carbocycles. The second kappa shape index (κ2) is 7.32. The van der Waals surface area contributed by atoms with Gasteiger partial charge in [-0.15, -0.1) is 11.3 Å². The highest BCUT2D eigenvalue weighted by Crippen LogP contribution is 2.36. The molecule has 4 rings (SSSR count). The van der Waals surface area contributed by atoms with Crippen molar-refractivity contribution in [1.82, 2.24) is 9.97 Å². The molecule has 0 aliphatic heterocycles. The van der Waals surface area contributed by atoms with Gasteiger partial charge in [-0.2, -0.15) is 0 Å². The van der Waals surface area contributed by atoms with Gasteiger partial charge in [0.2, 0.25) is 0 Å². The summed E-state index contributed by atoms with van der Waals surface area (Å²) in [6.07, 6.45) is 1.60. The highest BCUT2D eigenvalue weighted by atomic mass is 35.5. The molecule has 0 atom stereocenters. The maximum absolute atomic E-state index is 6.02. The zero-order chi connectivity index (χ0) is 17.9. The number of hydrogen-bond donors (Lipinski definition) is 1. The number of ether oxygens (including phenoxy) is 1. The molecule has 0 fully saturated rings. The lowest BCUT2D eigenvalue weighted by atomic mass is 10.1. The van der Waals surface area contributed by atoms with Gasteiger partial charge in [-0.25, -0.2) is 9.97 Å². The first-order valence-corrected chi connectivity index (χ1v) is 9.35. The molecule has 26 heavy (non-hydrogen) atoms. The Morgan fingerprint density at radius 3 is 2.54 bits per heavy atom. The lowest BCUT2D eigenvalue weighted by Gasteiger charge is -2.09. The maximum atomic E-state index is 6.02. The Labute approximate surface area is 160 Å². The largest absolute Gasteiger partial charge is 0.497 e. The zero-order valence-corrected chi connectivity index (χ0v) is 15.6. The molecule has 0 unspecified atom stereocenters. The summed E-state index contributed by atoms with van der Waals surface area (Å²) in [6.45, 7) is 0.673. The number of halogens is 1. The normalized spacial score (nSPS) is 10.8. The quantitative estimate of drug-likeness (QED) is 0.486. The van der Waals surface area contributed by atoms with Gasteiger partial charge in [0.25, 0.3) is 0 Å². The smallest absolute Gasteiger partial charge is 0.139 e. The number of methoxy groups -OCH3 is 1. The van der Waals surface area contributed by atoms with Crippen molar-refractivity contribution >= 4 is 39.0 Å². The molecule has 0 spiro atoms. The van der Waals surface area contributed by atoms with Crippen molar-refractivity contribution in [2.45, 2.75) is 6.54 Å². The number of benzene rings is 2. The molecule has 2 heterocycles. The molecule has 0 bridgehead atoms. The van der Waals surface area contributed by atoms with E-state index in [1.165, 1.54) is 0 Å². The fourth-order valence-corrected chi connectivity index (χ4v) is 3.82. The minimum Gasteiger partial charge on any atom is -0.497 e. The molecule has 0 radical (unpaired) electrons. The van der Waals surface area contributed by atoms with Crippen LogP contribution in [0.4, 0.5) is 5.82 Å². The van der Waals surface area contributed by atoms with Crippen molar-refractivity contribution < 1.29 is 4.74 Å². The first kappa shape index (κ1) is 16.8. The average Bonchev–Trinajstić information content (AvgIpc) is 3.12. The lowest BCUT2D eigenvalue weighted by Crippen LogP contribution is -2.02. The van der Waals surface area contributed by atoms with Crippen molar-refractivity contribution in [3.8, 4) is 16.9 Å². The first-order chi connectivity index (χ1) is 12.7. The Bertz CT molecular complexity index is 1030. The van der Waals surface area contributed by atoms with Crippen LogP contribution >= 0.6 is 22.9 Å². The summed E-state index contributed by atoms with van der Waals surface area (Å²) < 4.78 is 5.20. The van der Waals surface area contributed by atoms with Crippen LogP contribution < -0.4 is 10.1 Å². The van der Waals surface area contributed by atoms with E-state index in [0.717, 1.165) is 43.5 Å². The zero-order valence-electron chi connectivity index (χ0n) is 14.1. The van der Waals surface area contributed by atoms with E-state index in [1.807, 2.05) is 48.5 Å². The molecule has 0 aliphatic rings. The fourth-order valence-electron chi connectivity index (χ4n) is 2.78. The number of aromatic nitrogens is 2. The Morgan fingerprint density at radius 2 is 1.81 bits per heavy atom. The Morgan fingerprint density at radius 1 is 1.04 bits per heavy atom. The van der Waals surface area contributed by atoms with Crippen molar-refractivity contribution in [3.05, 3.63) is 70.8 Å². The van der Waals surface area contributed by atoms with Crippen molar-refractivity contribution in [2.75, 3.05) is 12.4 Å². The Hall–Kier alpha value is -2.63. The average molecular weight is 382 g/mol. The van der Waals surface area contributed by atoms with Crippen LogP contribution in [-0.2, 0) is 6.54 Å². The number of thiophene rings is 1. The minimum atomic E-state index is 0.673. The highest BCUT2D eigenvalue weighted by molar-refractivity contribution is 7.17. The van der Waals surface area contributed by atoms with E-state index in [0.29, 0.717) is 6.54 Å². The number of rotatable bonds is 5. The molecule has 6 heteroatoms. The summed E-state index contributed by atoms with van der Waals surface area (Å²) in [5.41, 5.74) is 3.36. The molecule has 1 N–H and O–H groups in total. The van der Waals surface area contributed by atoms with E-state index in [-0.39, 0.29) is 0 Å². The Balaban J connectivity index is 1.66. The molecular weight excluding hydrogens is 366 g/mol. The SMILES string of the molecule is COc1ccc(CNc2ncnc3scc(-c4ccc(Cl)cc4)c23)cc1. The van der Waals surface area contributed by atoms with Crippen molar-refractivity contribution in [1.29, 1.82) is 0 Å². The Kier molecular flexibility index (Phi) is 4.73. The number of fused-ring (bicyclic) bond motifs is 1. The molecule has 4 aromatic rings. The third-order valence-electron chi connectivity index (χ3n) is 4.14. The summed E-state index contributed by atoms with van der Waals surface area (Å²) in [7, 11) is 1.67. The minimum absolute atomic E-state index is 0.673. The predicted molar refractivity (Wildman–Crippen MR) is 108 cm³/mol. The monoisotopic (exact) mass is 381 g/mol. The van der Waals surface area contributed by atoms with Crippen LogP contribution in [0.15, 0.2) is 60.2 Å². The van der Waals surface area contributed by atoms with Crippen LogP contribution in [0.2, 0.25) is 5.02 Å². The topological polar surface area (TPSA) is 47.0 Å². The van der Waals surface area contributed by atoms with Gasteiger partial charge in [0.15, 0.2) is 0 Å². The highest BCUT2D eigenvalue weighted by Gasteiger charge is 2.13. The van der Waals surface area contributed by atoms with Crippen LogP contribution in [0.25, 0.3) is 21.3 Å². The van der Waals surface area contributed by atoms with Gasteiger partial charge < -0.3 is 10.1 Å². The van der Waals surface area contributed by atoms with Crippen molar-refractivity contribution in [3.63, 3.8) is 0 Å². The third-order valence-corrected chi connectivity index (χ3v) is 5.28. The van der Waals surface area contributed by atoms with E-state index in [1.54, 1.807) is 24.8 Å². The van der Waals surface area contributed by atoms with Crippen LogP contribution in [0.1, 0.15) is 5.56 Å². The second-order valence-electron chi connectivity index (χ2n) is 5.76. The number of nitrogens with one attached hydrogen (secondary N) is 1. The van der Waals surface area contributed by atoms with E-state index in [4.69, 9.17) is 16.3 Å². The van der Waals surface area contributed by atoms with Gasteiger partial charge in [0, 0.05) is 22.5 Å². The van der Waals surface area contributed by atoms with Crippen LogP contribution in [0.3, 0.4) is 0 Å². The fraction of sp³-hybridized carbons (Fsp3) is 0.100. The van der Waals surface area contributed by atoms with Gasteiger partial charge in [-0.1, -0.05) is 35.9 Å². The summed E-state index contributed by atoms with van der Waals surface area (Å²) in [5.74, 6) is 1.68. The molecule has 0 amide bonds. The van der Waals surface area contributed by atoms with Gasteiger partial charge in [0.05, 0.1) is 12.5 Å². The van der Waals surface area contributed by atoms with Gasteiger partial charge in [-0.3, -0.25) is 0 Å². The van der Waals surface area contributed by atoms with Crippen LogP contribution in [0, 0.1) is 0 Å². The molecule has 4 nitrogen and oxygen atoms in total. The summed E-state index contributed by atoms with van der Waals surface area (Å²) >= 11 is 7.63. The van der Waals surface area contributed by atoms with Crippen molar-refractivity contribution in [2.24, 2.45) is 0 Å². The number of nitrogens with zero attached hydrogens (tertiary/aromatic N) is 2. The van der Waals surface area contributed by atoms with E-state index in [2.05, 4.69) is 20.7 Å². The van der Waals surface area contributed by atoms with Gasteiger partial charge in [0.1, 0.15) is 22.7 Å². The molecule has 2 aromatic heterocycles. The summed E-state index contributed by atoms with van der Waals surface area (Å²) in [6, 6.07) is 15.8. The lowest BCUT2D eigenvalue weighted by molar-refractivity contribution is 0.414. The van der Waals surface area contributed by atoms with E-state index < -0.39 is 0 Å². The number of hydrogen-bond acceptors (Lipinski definition) is 5. The number of anilines is 1.